The van der Waals surface area contributed by atoms with Gasteiger partial charge in [-0.25, -0.2) is 9.97 Å². The number of rotatable bonds is 5. The third-order valence-corrected chi connectivity index (χ3v) is 5.13. The van der Waals surface area contributed by atoms with Crippen LogP contribution in [0.3, 0.4) is 0 Å². The summed E-state index contributed by atoms with van der Waals surface area (Å²) in [5.74, 6) is -0.0179. The van der Waals surface area contributed by atoms with Gasteiger partial charge in [-0.15, -0.1) is 22.7 Å². The Morgan fingerprint density at radius 2 is 1.78 bits per heavy atom. The first-order chi connectivity index (χ1) is 11.1. The maximum atomic E-state index is 10.9. The predicted octanol–water partition coefficient (Wildman–Crippen LogP) is 3.80. The molecule has 1 aromatic carbocycles. The number of aryl methyl sites for hydroxylation is 1. The van der Waals surface area contributed by atoms with Crippen LogP contribution in [0, 0.1) is 6.92 Å². The molecule has 0 spiro atoms. The standard InChI is InChI=1S/C17H17N3OS2/c1-11-9-22-16(19-11)7-17-20-15(10-23-17)14-5-3-13(4-6-14)8-18-12(2)21/h3-6,9-10H,7-8H2,1-2H3,(H,18,21). The Morgan fingerprint density at radius 1 is 1.09 bits per heavy atom. The lowest BCUT2D eigenvalue weighted by Crippen LogP contribution is -2.18. The van der Waals surface area contributed by atoms with Crippen molar-refractivity contribution < 1.29 is 4.79 Å². The molecular formula is C17H17N3OS2. The first-order valence-corrected chi connectivity index (χ1v) is 9.05. The largest absolute Gasteiger partial charge is 0.352 e. The molecule has 2 aromatic heterocycles. The molecule has 0 radical (unpaired) electrons. The lowest BCUT2D eigenvalue weighted by molar-refractivity contribution is -0.119. The summed E-state index contributed by atoms with van der Waals surface area (Å²) >= 11 is 3.35. The molecule has 0 saturated carbocycles. The monoisotopic (exact) mass is 343 g/mol. The molecule has 0 saturated heterocycles. The van der Waals surface area contributed by atoms with Crippen molar-refractivity contribution in [1.29, 1.82) is 0 Å². The van der Waals surface area contributed by atoms with E-state index in [-0.39, 0.29) is 5.91 Å². The highest BCUT2D eigenvalue weighted by atomic mass is 32.1. The van der Waals surface area contributed by atoms with Crippen LogP contribution in [0.25, 0.3) is 11.3 Å². The molecule has 2 heterocycles. The summed E-state index contributed by atoms with van der Waals surface area (Å²) in [7, 11) is 0. The number of aromatic nitrogens is 2. The fourth-order valence-corrected chi connectivity index (χ4v) is 3.83. The molecule has 1 N–H and O–H groups in total. The Bertz CT molecular complexity index is 805. The van der Waals surface area contributed by atoms with Gasteiger partial charge in [0.2, 0.25) is 5.91 Å². The van der Waals surface area contributed by atoms with E-state index in [9.17, 15) is 4.79 Å². The average Bonchev–Trinajstić information content (AvgIpc) is 3.15. The van der Waals surface area contributed by atoms with Gasteiger partial charge in [-0.3, -0.25) is 4.79 Å². The van der Waals surface area contributed by atoms with E-state index in [1.807, 2.05) is 31.2 Å². The molecular weight excluding hydrogens is 326 g/mol. The summed E-state index contributed by atoms with van der Waals surface area (Å²) in [4.78, 5) is 20.1. The molecule has 0 unspecified atom stereocenters. The zero-order valence-corrected chi connectivity index (χ0v) is 14.6. The molecule has 0 aliphatic rings. The van der Waals surface area contributed by atoms with Crippen LogP contribution >= 0.6 is 22.7 Å². The van der Waals surface area contributed by atoms with Crippen LogP contribution < -0.4 is 5.32 Å². The van der Waals surface area contributed by atoms with Crippen molar-refractivity contribution in [2.24, 2.45) is 0 Å². The number of benzene rings is 1. The lowest BCUT2D eigenvalue weighted by atomic mass is 10.1. The van der Waals surface area contributed by atoms with Crippen LogP contribution in [0.4, 0.5) is 0 Å². The third kappa shape index (κ3) is 4.24. The minimum Gasteiger partial charge on any atom is -0.352 e. The first kappa shape index (κ1) is 15.8. The van der Waals surface area contributed by atoms with Gasteiger partial charge in [-0.05, 0) is 12.5 Å². The van der Waals surface area contributed by atoms with Gasteiger partial charge in [0, 0.05) is 35.5 Å². The van der Waals surface area contributed by atoms with Crippen LogP contribution in [0.2, 0.25) is 0 Å². The molecule has 0 aliphatic heterocycles. The van der Waals surface area contributed by atoms with Gasteiger partial charge >= 0.3 is 0 Å². The molecule has 4 nitrogen and oxygen atoms in total. The second-order valence-corrected chi connectivity index (χ2v) is 7.18. The van der Waals surface area contributed by atoms with Crippen molar-refractivity contribution in [2.45, 2.75) is 26.8 Å². The second-order valence-electron chi connectivity index (χ2n) is 5.29. The van der Waals surface area contributed by atoms with Gasteiger partial charge in [0.1, 0.15) is 5.01 Å². The topological polar surface area (TPSA) is 54.9 Å². The Labute approximate surface area is 143 Å². The normalized spacial score (nSPS) is 10.7. The third-order valence-electron chi connectivity index (χ3n) is 3.31. The number of nitrogens with one attached hydrogen (secondary N) is 1. The SMILES string of the molecule is CC(=O)NCc1ccc(-c2csc(Cc3nc(C)cs3)n2)cc1. The second kappa shape index (κ2) is 7.02. The van der Waals surface area contributed by atoms with Gasteiger partial charge < -0.3 is 5.32 Å². The number of carbonyl (C=O) groups excluding carboxylic acids is 1. The van der Waals surface area contributed by atoms with E-state index in [0.717, 1.165) is 39.0 Å². The van der Waals surface area contributed by atoms with E-state index in [4.69, 9.17) is 4.98 Å². The highest BCUT2D eigenvalue weighted by Crippen LogP contribution is 2.24. The Hall–Kier alpha value is -2.05. The number of amides is 1. The zero-order valence-electron chi connectivity index (χ0n) is 13.0. The Kier molecular flexibility index (Phi) is 4.83. The minimum atomic E-state index is -0.0179. The van der Waals surface area contributed by atoms with Crippen molar-refractivity contribution in [2.75, 3.05) is 0 Å². The van der Waals surface area contributed by atoms with Gasteiger partial charge in [-0.2, -0.15) is 0 Å². The van der Waals surface area contributed by atoms with Crippen LogP contribution in [-0.4, -0.2) is 15.9 Å². The van der Waals surface area contributed by atoms with E-state index in [0.29, 0.717) is 6.54 Å². The Balaban J connectivity index is 1.68. The van der Waals surface area contributed by atoms with E-state index < -0.39 is 0 Å². The van der Waals surface area contributed by atoms with Crippen LogP contribution in [0.15, 0.2) is 35.0 Å². The maximum absolute atomic E-state index is 10.9. The molecule has 1 amide bonds. The average molecular weight is 343 g/mol. The molecule has 6 heteroatoms. The summed E-state index contributed by atoms with van der Waals surface area (Å²) < 4.78 is 0. The van der Waals surface area contributed by atoms with Gasteiger partial charge in [-0.1, -0.05) is 24.3 Å². The number of thiazole rings is 2. The predicted molar refractivity (Wildman–Crippen MR) is 94.7 cm³/mol. The van der Waals surface area contributed by atoms with Crippen LogP contribution in [0.1, 0.15) is 28.2 Å². The quantitative estimate of drug-likeness (QED) is 0.766. The fourth-order valence-electron chi connectivity index (χ4n) is 2.16. The number of carbonyl (C=O) groups is 1. The van der Waals surface area contributed by atoms with Crippen molar-refractivity contribution in [3.05, 3.63) is 56.3 Å². The molecule has 23 heavy (non-hydrogen) atoms. The summed E-state index contributed by atoms with van der Waals surface area (Å²) in [6, 6.07) is 8.13. The molecule has 3 aromatic rings. The maximum Gasteiger partial charge on any atom is 0.217 e. The summed E-state index contributed by atoms with van der Waals surface area (Å²) in [5, 5.41) is 9.13. The van der Waals surface area contributed by atoms with Crippen LogP contribution in [-0.2, 0) is 17.8 Å². The van der Waals surface area contributed by atoms with Crippen LogP contribution in [0.5, 0.6) is 0 Å². The highest BCUT2D eigenvalue weighted by Gasteiger charge is 2.08. The van der Waals surface area contributed by atoms with E-state index in [1.165, 1.54) is 6.92 Å². The Morgan fingerprint density at radius 3 is 2.43 bits per heavy atom. The first-order valence-electron chi connectivity index (χ1n) is 7.29. The number of hydrogen-bond donors (Lipinski definition) is 1. The number of hydrogen-bond acceptors (Lipinski definition) is 5. The van der Waals surface area contributed by atoms with Crippen molar-refractivity contribution in [1.82, 2.24) is 15.3 Å². The molecule has 118 valence electrons. The number of nitrogens with zero attached hydrogens (tertiary/aromatic N) is 2. The fraction of sp³-hybridized carbons (Fsp3) is 0.235. The molecule has 3 rings (SSSR count). The molecule has 0 bridgehead atoms. The van der Waals surface area contributed by atoms with E-state index in [2.05, 4.69) is 21.1 Å². The van der Waals surface area contributed by atoms with Gasteiger partial charge in [0.05, 0.1) is 17.1 Å². The van der Waals surface area contributed by atoms with Crippen molar-refractivity contribution >= 4 is 28.6 Å². The van der Waals surface area contributed by atoms with Crippen molar-refractivity contribution in [3.63, 3.8) is 0 Å². The van der Waals surface area contributed by atoms with E-state index in [1.54, 1.807) is 22.7 Å². The molecule has 0 fully saturated rings. The summed E-state index contributed by atoms with van der Waals surface area (Å²) in [5.41, 5.74) is 4.23. The molecule has 0 aliphatic carbocycles. The minimum absolute atomic E-state index is 0.0179. The lowest BCUT2D eigenvalue weighted by Gasteiger charge is -2.03. The molecule has 0 atom stereocenters. The van der Waals surface area contributed by atoms with Gasteiger partial charge in [0.25, 0.3) is 0 Å². The van der Waals surface area contributed by atoms with Crippen molar-refractivity contribution in [3.8, 4) is 11.3 Å². The summed E-state index contributed by atoms with van der Waals surface area (Å²) in [6.07, 6.45) is 0.795. The van der Waals surface area contributed by atoms with E-state index >= 15 is 0 Å². The zero-order chi connectivity index (χ0) is 16.2. The smallest absolute Gasteiger partial charge is 0.217 e. The summed E-state index contributed by atoms with van der Waals surface area (Å²) in [6.45, 7) is 4.09. The highest BCUT2D eigenvalue weighted by molar-refractivity contribution is 7.11. The van der Waals surface area contributed by atoms with Gasteiger partial charge in [0.15, 0.2) is 0 Å².